The van der Waals surface area contributed by atoms with Gasteiger partial charge < -0.3 is 15.9 Å². The van der Waals surface area contributed by atoms with Gasteiger partial charge in [-0.15, -0.1) is 0 Å². The number of carboxylic acids is 1. The normalized spacial score (nSPS) is 15.6. The number of carbonyl (C=O) groups is 1. The van der Waals surface area contributed by atoms with Crippen molar-refractivity contribution < 1.29 is 15.0 Å². The number of nitrogens with two attached hydrogens (primary N) is 1. The summed E-state index contributed by atoms with van der Waals surface area (Å²) in [6.45, 7) is 2.21. The van der Waals surface area contributed by atoms with Crippen LogP contribution in [0.5, 0.6) is 0 Å². The fourth-order valence-electron chi connectivity index (χ4n) is 1.27. The Morgan fingerprint density at radius 2 is 2.17 bits per heavy atom. The number of hydrogen-bond acceptors (Lipinski definition) is 3. The van der Waals surface area contributed by atoms with E-state index < -0.39 is 11.4 Å². The standard InChI is InChI=1S/C8H17NO3/c1-2-8(6-9,3-4-10)5-7(11)12/h10H,2-6,9H2,1H3,(H,11,12). The van der Waals surface area contributed by atoms with Gasteiger partial charge in [0.1, 0.15) is 0 Å². The molecule has 0 spiro atoms. The molecule has 0 rings (SSSR count). The van der Waals surface area contributed by atoms with Gasteiger partial charge in [-0.2, -0.15) is 0 Å². The van der Waals surface area contributed by atoms with Crippen LogP contribution >= 0.6 is 0 Å². The van der Waals surface area contributed by atoms with Crippen LogP contribution in [0.3, 0.4) is 0 Å². The summed E-state index contributed by atoms with van der Waals surface area (Å²) in [6.07, 6.45) is 1.20. The van der Waals surface area contributed by atoms with Crippen molar-refractivity contribution in [1.82, 2.24) is 0 Å². The van der Waals surface area contributed by atoms with Crippen molar-refractivity contribution >= 4 is 5.97 Å². The largest absolute Gasteiger partial charge is 0.481 e. The lowest BCUT2D eigenvalue weighted by molar-refractivity contribution is -0.140. The van der Waals surface area contributed by atoms with Gasteiger partial charge in [-0.3, -0.25) is 4.79 Å². The molecule has 0 fully saturated rings. The summed E-state index contributed by atoms with van der Waals surface area (Å²) >= 11 is 0. The molecule has 0 amide bonds. The molecule has 72 valence electrons. The van der Waals surface area contributed by atoms with Crippen LogP contribution in [0.15, 0.2) is 0 Å². The maximum Gasteiger partial charge on any atom is 0.303 e. The van der Waals surface area contributed by atoms with Gasteiger partial charge in [-0.1, -0.05) is 6.92 Å². The highest BCUT2D eigenvalue weighted by Gasteiger charge is 2.28. The third-order valence-electron chi connectivity index (χ3n) is 2.35. The van der Waals surface area contributed by atoms with Crippen molar-refractivity contribution in [1.29, 1.82) is 0 Å². The molecule has 0 aliphatic rings. The molecule has 12 heavy (non-hydrogen) atoms. The monoisotopic (exact) mass is 175 g/mol. The lowest BCUT2D eigenvalue weighted by Gasteiger charge is -2.28. The second-order valence-corrected chi connectivity index (χ2v) is 3.10. The highest BCUT2D eigenvalue weighted by molar-refractivity contribution is 5.67. The molecule has 4 nitrogen and oxygen atoms in total. The summed E-state index contributed by atoms with van der Waals surface area (Å²) in [5.74, 6) is -0.851. The van der Waals surface area contributed by atoms with E-state index in [0.29, 0.717) is 19.4 Å². The molecule has 0 aliphatic heterocycles. The van der Waals surface area contributed by atoms with Crippen LogP contribution < -0.4 is 5.73 Å². The Morgan fingerprint density at radius 3 is 2.42 bits per heavy atom. The molecule has 4 N–H and O–H groups in total. The zero-order valence-electron chi connectivity index (χ0n) is 7.42. The van der Waals surface area contributed by atoms with E-state index in [9.17, 15) is 4.79 Å². The van der Waals surface area contributed by atoms with Crippen molar-refractivity contribution in [2.75, 3.05) is 13.2 Å². The topological polar surface area (TPSA) is 83.5 Å². The quantitative estimate of drug-likeness (QED) is 0.538. The Balaban J connectivity index is 4.23. The maximum atomic E-state index is 10.5. The van der Waals surface area contributed by atoms with Crippen molar-refractivity contribution in [3.8, 4) is 0 Å². The number of hydrogen-bond donors (Lipinski definition) is 3. The zero-order chi connectivity index (χ0) is 9.61. The van der Waals surface area contributed by atoms with E-state index in [1.807, 2.05) is 6.92 Å². The molecule has 1 atom stereocenters. The SMILES string of the molecule is CCC(CN)(CCO)CC(=O)O. The van der Waals surface area contributed by atoms with Crippen LogP contribution in [0.2, 0.25) is 0 Å². The molecule has 0 heterocycles. The fraction of sp³-hybridized carbons (Fsp3) is 0.875. The molecule has 1 unspecified atom stereocenters. The van der Waals surface area contributed by atoms with E-state index in [2.05, 4.69) is 0 Å². The van der Waals surface area contributed by atoms with Gasteiger partial charge in [-0.25, -0.2) is 0 Å². The first-order valence-electron chi connectivity index (χ1n) is 4.13. The highest BCUT2D eigenvalue weighted by atomic mass is 16.4. The van der Waals surface area contributed by atoms with Gasteiger partial charge in [0, 0.05) is 6.61 Å². The minimum Gasteiger partial charge on any atom is -0.481 e. The summed E-state index contributed by atoms with van der Waals surface area (Å²) in [5, 5.41) is 17.3. The Kier molecular flexibility index (Phi) is 4.85. The van der Waals surface area contributed by atoms with Crippen molar-refractivity contribution in [3.63, 3.8) is 0 Å². The minimum absolute atomic E-state index is 0.00167. The lowest BCUT2D eigenvalue weighted by Crippen LogP contribution is -2.33. The van der Waals surface area contributed by atoms with Crippen molar-refractivity contribution in [3.05, 3.63) is 0 Å². The van der Waals surface area contributed by atoms with Crippen LogP contribution in [-0.2, 0) is 4.79 Å². The summed E-state index contributed by atoms with van der Waals surface area (Å²) < 4.78 is 0. The third kappa shape index (κ3) is 3.19. The van der Waals surface area contributed by atoms with Crippen molar-refractivity contribution in [2.24, 2.45) is 11.1 Å². The molecule has 0 aromatic carbocycles. The molecule has 0 aromatic rings. The summed E-state index contributed by atoms with van der Waals surface area (Å²) in [5.41, 5.74) is 5.06. The molecule has 4 heteroatoms. The number of aliphatic carboxylic acids is 1. The van der Waals surface area contributed by atoms with E-state index >= 15 is 0 Å². The average Bonchev–Trinajstić information content (AvgIpc) is 2.03. The van der Waals surface area contributed by atoms with E-state index in [0.717, 1.165) is 0 Å². The van der Waals surface area contributed by atoms with Gasteiger partial charge >= 0.3 is 5.97 Å². The molecule has 0 aromatic heterocycles. The van der Waals surface area contributed by atoms with Crippen LogP contribution in [-0.4, -0.2) is 29.3 Å². The van der Waals surface area contributed by atoms with E-state index in [4.69, 9.17) is 15.9 Å². The van der Waals surface area contributed by atoms with Gasteiger partial charge in [0.25, 0.3) is 0 Å². The first-order valence-corrected chi connectivity index (χ1v) is 4.13. The summed E-state index contributed by atoms with van der Waals surface area (Å²) in [6, 6.07) is 0. The highest BCUT2D eigenvalue weighted by Crippen LogP contribution is 2.28. The summed E-state index contributed by atoms with van der Waals surface area (Å²) in [7, 11) is 0. The number of aliphatic hydroxyl groups is 1. The molecule has 0 radical (unpaired) electrons. The maximum absolute atomic E-state index is 10.5. The van der Waals surface area contributed by atoms with Crippen LogP contribution in [0.25, 0.3) is 0 Å². The van der Waals surface area contributed by atoms with Crippen LogP contribution in [0.4, 0.5) is 0 Å². The Bertz CT molecular complexity index is 143. The van der Waals surface area contributed by atoms with Crippen molar-refractivity contribution in [2.45, 2.75) is 26.2 Å². The Morgan fingerprint density at radius 1 is 1.58 bits per heavy atom. The van der Waals surface area contributed by atoms with Gasteiger partial charge in [-0.05, 0) is 24.8 Å². The predicted octanol–water partition coefficient (Wildman–Crippen LogP) is 0.199. The minimum atomic E-state index is -0.851. The first-order chi connectivity index (χ1) is 5.60. The third-order valence-corrected chi connectivity index (χ3v) is 2.35. The van der Waals surface area contributed by atoms with E-state index in [1.54, 1.807) is 0 Å². The molecule has 0 aliphatic carbocycles. The van der Waals surface area contributed by atoms with Gasteiger partial charge in [0.2, 0.25) is 0 Å². The lowest BCUT2D eigenvalue weighted by atomic mass is 9.79. The number of carboxylic acid groups (broad SMARTS) is 1. The predicted molar refractivity (Wildman–Crippen MR) is 45.7 cm³/mol. The second-order valence-electron chi connectivity index (χ2n) is 3.10. The van der Waals surface area contributed by atoms with Crippen LogP contribution in [0, 0.1) is 5.41 Å². The number of rotatable bonds is 6. The molecular weight excluding hydrogens is 158 g/mol. The zero-order valence-corrected chi connectivity index (χ0v) is 7.42. The molecular formula is C8H17NO3. The number of aliphatic hydroxyl groups excluding tert-OH is 1. The summed E-state index contributed by atoms with van der Waals surface area (Å²) in [4.78, 5) is 10.5. The second kappa shape index (κ2) is 5.11. The Hall–Kier alpha value is -0.610. The van der Waals surface area contributed by atoms with Crippen LogP contribution in [0.1, 0.15) is 26.2 Å². The van der Waals surface area contributed by atoms with E-state index in [1.165, 1.54) is 0 Å². The molecule has 0 saturated heterocycles. The average molecular weight is 175 g/mol. The molecule has 0 bridgehead atoms. The Labute approximate surface area is 72.4 Å². The van der Waals surface area contributed by atoms with Gasteiger partial charge in [0.05, 0.1) is 6.42 Å². The van der Waals surface area contributed by atoms with E-state index in [-0.39, 0.29) is 13.0 Å². The smallest absolute Gasteiger partial charge is 0.303 e. The first kappa shape index (κ1) is 11.4. The molecule has 0 saturated carbocycles. The van der Waals surface area contributed by atoms with Gasteiger partial charge in [0.15, 0.2) is 0 Å². The fourth-order valence-corrected chi connectivity index (χ4v) is 1.27.